The van der Waals surface area contributed by atoms with Crippen LogP contribution in [0.25, 0.3) is 21.9 Å². The molecule has 1 amide bonds. The third kappa shape index (κ3) is 3.85. The van der Waals surface area contributed by atoms with Crippen LogP contribution in [0.4, 0.5) is 0 Å². The van der Waals surface area contributed by atoms with Crippen LogP contribution >= 0.6 is 0 Å². The minimum Gasteiger partial charge on any atom is -0.352 e. The summed E-state index contributed by atoms with van der Waals surface area (Å²) < 4.78 is 3.44. The van der Waals surface area contributed by atoms with Crippen molar-refractivity contribution in [3.05, 3.63) is 76.8 Å². The van der Waals surface area contributed by atoms with Gasteiger partial charge in [-0.3, -0.25) is 14.2 Å². The van der Waals surface area contributed by atoms with Gasteiger partial charge in [0.2, 0.25) is 5.91 Å². The number of nitrogens with one attached hydrogen (secondary N) is 1. The van der Waals surface area contributed by atoms with Gasteiger partial charge in [0.1, 0.15) is 17.6 Å². The highest BCUT2D eigenvalue weighted by molar-refractivity contribution is 6.06. The fourth-order valence-electron chi connectivity index (χ4n) is 3.73. The molecule has 0 fully saturated rings. The second-order valence-corrected chi connectivity index (χ2v) is 7.66. The highest BCUT2D eigenvalue weighted by atomic mass is 16.2. The van der Waals surface area contributed by atoms with Gasteiger partial charge < -0.3 is 9.88 Å². The van der Waals surface area contributed by atoms with Crippen molar-refractivity contribution in [1.29, 1.82) is 0 Å². The number of carbonyl (C=O) groups is 1. The van der Waals surface area contributed by atoms with E-state index in [1.165, 1.54) is 0 Å². The van der Waals surface area contributed by atoms with Gasteiger partial charge in [0.25, 0.3) is 5.56 Å². The number of amides is 1. The van der Waals surface area contributed by atoms with Crippen LogP contribution in [0, 0.1) is 0 Å². The Morgan fingerprint density at radius 1 is 1.10 bits per heavy atom. The average Bonchev–Trinajstić information content (AvgIpc) is 3.08. The molecule has 0 spiro atoms. The van der Waals surface area contributed by atoms with Gasteiger partial charge in [-0.15, -0.1) is 0 Å². The maximum absolute atomic E-state index is 13.4. The van der Waals surface area contributed by atoms with Crippen LogP contribution in [0.5, 0.6) is 0 Å². The molecule has 0 bridgehead atoms. The minimum absolute atomic E-state index is 0.0891. The molecule has 4 aromatic rings. The third-order valence-corrected chi connectivity index (χ3v) is 5.54. The Kier molecular flexibility index (Phi) is 5.65. The van der Waals surface area contributed by atoms with E-state index >= 15 is 0 Å². The second-order valence-electron chi connectivity index (χ2n) is 7.66. The van der Waals surface area contributed by atoms with Crippen molar-refractivity contribution in [3.63, 3.8) is 0 Å². The standard InChI is InChI=1S/C24H26N4O2/c1-3-17(2)26-21(29)15-28-20-12-8-7-11-19(20)22-23(28)24(30)27(16-25-22)14-13-18-9-5-4-6-10-18/h4-12,16-17H,3,13-15H2,1-2H3,(H,26,29). The van der Waals surface area contributed by atoms with E-state index in [2.05, 4.69) is 10.3 Å². The number of nitrogens with zero attached hydrogens (tertiary/aromatic N) is 3. The Bertz CT molecular complexity index is 1240. The van der Waals surface area contributed by atoms with E-state index in [-0.39, 0.29) is 24.1 Å². The molecule has 0 aliphatic rings. The smallest absolute Gasteiger partial charge is 0.277 e. The Morgan fingerprint density at radius 3 is 2.60 bits per heavy atom. The molecule has 1 N–H and O–H groups in total. The van der Waals surface area contributed by atoms with Crippen molar-refractivity contribution in [2.24, 2.45) is 0 Å². The highest BCUT2D eigenvalue weighted by Gasteiger charge is 2.18. The van der Waals surface area contributed by atoms with Gasteiger partial charge in [-0.2, -0.15) is 0 Å². The summed E-state index contributed by atoms with van der Waals surface area (Å²) in [6, 6.07) is 17.9. The van der Waals surface area contributed by atoms with Crippen molar-refractivity contribution >= 4 is 27.8 Å². The molecule has 6 nitrogen and oxygen atoms in total. The summed E-state index contributed by atoms with van der Waals surface area (Å²) in [5.41, 5.74) is 3.01. The van der Waals surface area contributed by atoms with Gasteiger partial charge in [-0.1, -0.05) is 55.5 Å². The molecule has 1 atom stereocenters. The number of aryl methyl sites for hydroxylation is 2. The molecule has 0 aliphatic heterocycles. The van der Waals surface area contributed by atoms with Crippen LogP contribution in [0.2, 0.25) is 0 Å². The van der Waals surface area contributed by atoms with Crippen molar-refractivity contribution in [1.82, 2.24) is 19.4 Å². The Hall–Kier alpha value is -3.41. The Labute approximate surface area is 175 Å². The number of para-hydroxylation sites is 1. The topological polar surface area (TPSA) is 68.9 Å². The Morgan fingerprint density at radius 2 is 1.83 bits per heavy atom. The third-order valence-electron chi connectivity index (χ3n) is 5.54. The zero-order valence-corrected chi connectivity index (χ0v) is 17.3. The zero-order valence-electron chi connectivity index (χ0n) is 17.3. The predicted molar refractivity (Wildman–Crippen MR) is 120 cm³/mol. The largest absolute Gasteiger partial charge is 0.352 e. The van der Waals surface area contributed by atoms with E-state index in [1.54, 1.807) is 15.5 Å². The lowest BCUT2D eigenvalue weighted by Crippen LogP contribution is -2.35. The molecule has 1 unspecified atom stereocenters. The van der Waals surface area contributed by atoms with Gasteiger partial charge in [-0.05, 0) is 31.4 Å². The lowest BCUT2D eigenvalue weighted by atomic mass is 10.1. The molecule has 2 aromatic carbocycles. The average molecular weight is 402 g/mol. The van der Waals surface area contributed by atoms with Crippen molar-refractivity contribution in [2.75, 3.05) is 0 Å². The number of hydrogen-bond donors (Lipinski definition) is 1. The predicted octanol–water partition coefficient (Wildman–Crippen LogP) is 3.51. The lowest BCUT2D eigenvalue weighted by Gasteiger charge is -2.13. The van der Waals surface area contributed by atoms with Crippen molar-refractivity contribution in [3.8, 4) is 0 Å². The molecule has 0 saturated heterocycles. The molecular weight excluding hydrogens is 376 g/mol. The summed E-state index contributed by atoms with van der Waals surface area (Å²) >= 11 is 0. The lowest BCUT2D eigenvalue weighted by molar-refractivity contribution is -0.122. The van der Waals surface area contributed by atoms with Gasteiger partial charge >= 0.3 is 0 Å². The normalized spacial score (nSPS) is 12.3. The molecule has 2 aromatic heterocycles. The first-order valence-electron chi connectivity index (χ1n) is 10.4. The van der Waals surface area contributed by atoms with Crippen LogP contribution in [0.3, 0.4) is 0 Å². The molecule has 0 saturated carbocycles. The van der Waals surface area contributed by atoms with Crippen LogP contribution < -0.4 is 10.9 Å². The molecule has 154 valence electrons. The second kappa shape index (κ2) is 8.53. The van der Waals surface area contributed by atoms with E-state index < -0.39 is 0 Å². The number of hydrogen-bond acceptors (Lipinski definition) is 3. The van der Waals surface area contributed by atoms with E-state index in [9.17, 15) is 9.59 Å². The first-order valence-corrected chi connectivity index (χ1v) is 10.4. The first-order chi connectivity index (χ1) is 14.6. The zero-order chi connectivity index (χ0) is 21.1. The van der Waals surface area contributed by atoms with Gasteiger partial charge in [0, 0.05) is 18.0 Å². The summed E-state index contributed by atoms with van der Waals surface area (Å²) in [5.74, 6) is -0.105. The molecule has 4 rings (SSSR count). The molecule has 6 heteroatoms. The molecule has 0 aliphatic carbocycles. The summed E-state index contributed by atoms with van der Waals surface area (Å²) in [6.07, 6.45) is 3.21. The van der Waals surface area contributed by atoms with Gasteiger partial charge in [-0.25, -0.2) is 4.98 Å². The maximum Gasteiger partial charge on any atom is 0.277 e. The highest BCUT2D eigenvalue weighted by Crippen LogP contribution is 2.25. The first kappa shape index (κ1) is 19.9. The van der Waals surface area contributed by atoms with E-state index in [0.717, 1.165) is 29.3 Å². The van der Waals surface area contributed by atoms with Crippen molar-refractivity contribution < 1.29 is 4.79 Å². The summed E-state index contributed by atoms with van der Waals surface area (Å²) in [4.78, 5) is 30.6. The fraction of sp³-hybridized carbons (Fsp3) is 0.292. The van der Waals surface area contributed by atoms with Crippen molar-refractivity contribution in [2.45, 2.75) is 45.8 Å². The number of fused-ring (bicyclic) bond motifs is 3. The van der Waals surface area contributed by atoms with Crippen LogP contribution in [-0.4, -0.2) is 26.1 Å². The molecule has 30 heavy (non-hydrogen) atoms. The minimum atomic E-state index is -0.122. The number of carbonyl (C=O) groups excluding carboxylic acids is 1. The molecular formula is C24H26N4O2. The number of aromatic nitrogens is 3. The number of rotatable bonds is 7. The Balaban J connectivity index is 1.76. The van der Waals surface area contributed by atoms with Gasteiger partial charge in [0.05, 0.1) is 11.8 Å². The molecule has 2 heterocycles. The molecule has 0 radical (unpaired) electrons. The summed E-state index contributed by atoms with van der Waals surface area (Å²) in [7, 11) is 0. The van der Waals surface area contributed by atoms with Gasteiger partial charge in [0.15, 0.2) is 0 Å². The SMILES string of the molecule is CCC(C)NC(=O)Cn1c2ccccc2c2ncn(CCc3ccccc3)c(=O)c21. The fourth-order valence-corrected chi connectivity index (χ4v) is 3.73. The van der Waals surface area contributed by atoms with E-state index in [4.69, 9.17) is 0 Å². The quantitative estimate of drug-likeness (QED) is 0.514. The van der Waals surface area contributed by atoms with Crippen LogP contribution in [0.15, 0.2) is 65.7 Å². The number of benzene rings is 2. The maximum atomic E-state index is 13.4. The summed E-state index contributed by atoms with van der Waals surface area (Å²) in [6.45, 7) is 4.63. The monoisotopic (exact) mass is 402 g/mol. The summed E-state index contributed by atoms with van der Waals surface area (Å²) in [5, 5.41) is 3.87. The van der Waals surface area contributed by atoms with E-state index in [0.29, 0.717) is 17.6 Å². The van der Waals surface area contributed by atoms with Crippen LogP contribution in [0.1, 0.15) is 25.8 Å². The van der Waals surface area contributed by atoms with Crippen LogP contribution in [-0.2, 0) is 24.3 Å². The van der Waals surface area contributed by atoms with E-state index in [1.807, 2.05) is 68.4 Å².